The lowest BCUT2D eigenvalue weighted by Crippen LogP contribution is -2.12. The number of aromatic carboxylic acids is 1. The lowest BCUT2D eigenvalue weighted by atomic mass is 10.1. The van der Waals surface area contributed by atoms with Crippen LogP contribution in [0.4, 0.5) is 0 Å². The maximum absolute atomic E-state index is 11.2. The first-order valence-corrected chi connectivity index (χ1v) is 6.97. The van der Waals surface area contributed by atoms with E-state index in [1.807, 2.05) is 19.9 Å². The molecule has 1 fully saturated rings. The summed E-state index contributed by atoms with van der Waals surface area (Å²) < 4.78 is 10.9. The molecule has 4 nitrogen and oxygen atoms in total. The van der Waals surface area contributed by atoms with Crippen molar-refractivity contribution in [2.24, 2.45) is 5.92 Å². The first kappa shape index (κ1) is 13.4. The summed E-state index contributed by atoms with van der Waals surface area (Å²) in [4.78, 5) is 12.5. The summed E-state index contributed by atoms with van der Waals surface area (Å²) >= 11 is 1.30. The van der Waals surface area contributed by atoms with Gasteiger partial charge in [-0.25, -0.2) is 4.79 Å². The second kappa shape index (κ2) is 5.71. The summed E-state index contributed by atoms with van der Waals surface area (Å²) in [6, 6.07) is 1.86. The molecule has 0 bridgehead atoms. The van der Waals surface area contributed by atoms with Crippen LogP contribution in [-0.2, 0) is 4.74 Å². The molecule has 5 heteroatoms. The fourth-order valence-electron chi connectivity index (χ4n) is 1.86. The fraction of sp³-hybridized carbons (Fsp3) is 0.615. The van der Waals surface area contributed by atoms with Gasteiger partial charge in [-0.15, -0.1) is 11.3 Å². The molecule has 0 radical (unpaired) electrons. The van der Waals surface area contributed by atoms with Crippen LogP contribution in [0.1, 0.15) is 40.7 Å². The van der Waals surface area contributed by atoms with Crippen LogP contribution in [0, 0.1) is 5.92 Å². The Morgan fingerprint density at radius 1 is 1.67 bits per heavy atom. The van der Waals surface area contributed by atoms with E-state index in [2.05, 4.69) is 0 Å². The highest BCUT2D eigenvalue weighted by Crippen LogP contribution is 2.34. The normalized spacial score (nSPS) is 19.4. The predicted molar refractivity (Wildman–Crippen MR) is 69.8 cm³/mol. The SMILES string of the molecule is CC(C)c1cc(OCC2CCOC2)c(C(=O)O)s1. The molecule has 18 heavy (non-hydrogen) atoms. The summed E-state index contributed by atoms with van der Waals surface area (Å²) in [5.41, 5.74) is 0. The Hall–Kier alpha value is -1.07. The van der Waals surface area contributed by atoms with Gasteiger partial charge in [0.2, 0.25) is 0 Å². The van der Waals surface area contributed by atoms with Gasteiger partial charge in [0.05, 0.1) is 13.2 Å². The van der Waals surface area contributed by atoms with Crippen LogP contribution in [0.2, 0.25) is 0 Å². The molecule has 1 N–H and O–H groups in total. The van der Waals surface area contributed by atoms with Crippen LogP contribution in [-0.4, -0.2) is 30.9 Å². The average molecular weight is 270 g/mol. The van der Waals surface area contributed by atoms with Gasteiger partial charge >= 0.3 is 5.97 Å². The molecule has 1 aliphatic heterocycles. The molecule has 0 aromatic carbocycles. The van der Waals surface area contributed by atoms with Gasteiger partial charge < -0.3 is 14.6 Å². The Balaban J connectivity index is 2.07. The number of hydrogen-bond acceptors (Lipinski definition) is 4. The molecule has 100 valence electrons. The molecule has 1 aromatic heterocycles. The molecule has 0 saturated carbocycles. The Labute approximate surface area is 111 Å². The van der Waals surface area contributed by atoms with Crippen LogP contribution in [0.5, 0.6) is 5.75 Å². The van der Waals surface area contributed by atoms with E-state index in [9.17, 15) is 4.79 Å². The van der Waals surface area contributed by atoms with Crippen molar-refractivity contribution in [1.82, 2.24) is 0 Å². The van der Waals surface area contributed by atoms with Gasteiger partial charge in [0.25, 0.3) is 0 Å². The molecule has 1 aliphatic rings. The first-order chi connectivity index (χ1) is 8.58. The molecule has 0 spiro atoms. The average Bonchev–Trinajstić information content (AvgIpc) is 2.95. The summed E-state index contributed by atoms with van der Waals surface area (Å²) in [6.07, 6.45) is 0.990. The second-order valence-corrected chi connectivity index (χ2v) is 5.93. The zero-order chi connectivity index (χ0) is 13.1. The topological polar surface area (TPSA) is 55.8 Å². The Morgan fingerprint density at radius 2 is 2.44 bits per heavy atom. The summed E-state index contributed by atoms with van der Waals surface area (Å²) in [7, 11) is 0. The Morgan fingerprint density at radius 3 is 3.00 bits per heavy atom. The molecule has 2 rings (SSSR count). The molecule has 1 saturated heterocycles. The molecule has 0 amide bonds. The zero-order valence-electron chi connectivity index (χ0n) is 10.6. The number of carboxylic acids is 1. The third-order valence-corrected chi connectivity index (χ3v) is 4.38. The zero-order valence-corrected chi connectivity index (χ0v) is 11.5. The van der Waals surface area contributed by atoms with E-state index in [4.69, 9.17) is 14.6 Å². The van der Waals surface area contributed by atoms with Gasteiger partial charge in [-0.1, -0.05) is 13.8 Å². The maximum atomic E-state index is 11.2. The third-order valence-electron chi connectivity index (χ3n) is 2.98. The minimum absolute atomic E-state index is 0.303. The molecule has 1 aromatic rings. The smallest absolute Gasteiger partial charge is 0.349 e. The summed E-state index contributed by atoms with van der Waals surface area (Å²) in [5.74, 6) is 0.294. The largest absolute Gasteiger partial charge is 0.491 e. The Kier molecular flexibility index (Phi) is 4.24. The highest BCUT2D eigenvalue weighted by Gasteiger charge is 2.21. The van der Waals surface area contributed by atoms with Crippen LogP contribution >= 0.6 is 11.3 Å². The van der Waals surface area contributed by atoms with Crippen LogP contribution in [0.3, 0.4) is 0 Å². The van der Waals surface area contributed by atoms with Crippen LogP contribution in [0.25, 0.3) is 0 Å². The maximum Gasteiger partial charge on any atom is 0.349 e. The minimum atomic E-state index is -0.912. The van der Waals surface area contributed by atoms with Crippen molar-refractivity contribution < 1.29 is 19.4 Å². The Bertz CT molecular complexity index is 419. The van der Waals surface area contributed by atoms with Crippen molar-refractivity contribution in [3.63, 3.8) is 0 Å². The fourth-order valence-corrected chi connectivity index (χ4v) is 2.80. The van der Waals surface area contributed by atoms with E-state index in [-0.39, 0.29) is 0 Å². The van der Waals surface area contributed by atoms with Crippen molar-refractivity contribution in [1.29, 1.82) is 0 Å². The number of carboxylic acid groups (broad SMARTS) is 1. The summed E-state index contributed by atoms with van der Waals surface area (Å²) in [5, 5.41) is 9.16. The summed E-state index contributed by atoms with van der Waals surface area (Å²) in [6.45, 7) is 6.12. The predicted octanol–water partition coefficient (Wildman–Crippen LogP) is 2.99. The minimum Gasteiger partial charge on any atom is -0.491 e. The first-order valence-electron chi connectivity index (χ1n) is 6.15. The van der Waals surface area contributed by atoms with E-state index in [0.29, 0.717) is 35.7 Å². The van der Waals surface area contributed by atoms with Crippen molar-refractivity contribution in [3.05, 3.63) is 15.8 Å². The van der Waals surface area contributed by atoms with Crippen LogP contribution < -0.4 is 4.74 Å². The molecule has 1 atom stereocenters. The number of thiophene rings is 1. The van der Waals surface area contributed by atoms with Crippen molar-refractivity contribution >= 4 is 17.3 Å². The molecule has 2 heterocycles. The van der Waals surface area contributed by atoms with Crippen molar-refractivity contribution in [2.75, 3.05) is 19.8 Å². The molecular weight excluding hydrogens is 252 g/mol. The van der Waals surface area contributed by atoms with Crippen molar-refractivity contribution in [3.8, 4) is 5.75 Å². The molecular formula is C13H18O4S. The van der Waals surface area contributed by atoms with E-state index in [1.165, 1.54) is 11.3 Å². The number of ether oxygens (including phenoxy) is 2. The van der Waals surface area contributed by atoms with E-state index in [0.717, 1.165) is 17.9 Å². The van der Waals surface area contributed by atoms with Crippen molar-refractivity contribution in [2.45, 2.75) is 26.2 Å². The van der Waals surface area contributed by atoms with Gasteiger partial charge in [0, 0.05) is 17.4 Å². The van der Waals surface area contributed by atoms with Gasteiger partial charge in [0.1, 0.15) is 5.75 Å². The van der Waals surface area contributed by atoms with E-state index < -0.39 is 5.97 Å². The molecule has 1 unspecified atom stereocenters. The number of carbonyl (C=O) groups is 1. The molecule has 0 aliphatic carbocycles. The number of hydrogen-bond donors (Lipinski definition) is 1. The lowest BCUT2D eigenvalue weighted by molar-refractivity contribution is 0.0697. The highest BCUT2D eigenvalue weighted by molar-refractivity contribution is 7.14. The van der Waals surface area contributed by atoms with E-state index >= 15 is 0 Å². The highest BCUT2D eigenvalue weighted by atomic mass is 32.1. The van der Waals surface area contributed by atoms with E-state index in [1.54, 1.807) is 0 Å². The van der Waals surface area contributed by atoms with Gasteiger partial charge in [0.15, 0.2) is 4.88 Å². The standard InChI is InChI=1S/C13H18O4S/c1-8(2)11-5-10(12(18-11)13(14)15)17-7-9-3-4-16-6-9/h5,8-9H,3-4,6-7H2,1-2H3,(H,14,15). The lowest BCUT2D eigenvalue weighted by Gasteiger charge is -2.09. The van der Waals surface area contributed by atoms with Crippen LogP contribution in [0.15, 0.2) is 6.07 Å². The number of rotatable bonds is 5. The van der Waals surface area contributed by atoms with Gasteiger partial charge in [-0.05, 0) is 18.4 Å². The quantitative estimate of drug-likeness (QED) is 0.893. The second-order valence-electron chi connectivity index (χ2n) is 4.84. The third kappa shape index (κ3) is 3.03. The van der Waals surface area contributed by atoms with Gasteiger partial charge in [-0.3, -0.25) is 0 Å². The van der Waals surface area contributed by atoms with Gasteiger partial charge in [-0.2, -0.15) is 0 Å². The monoisotopic (exact) mass is 270 g/mol.